The maximum Gasteiger partial charge on any atom is 0.251 e. The van der Waals surface area contributed by atoms with E-state index in [4.69, 9.17) is 4.74 Å². The molecular formula is C14H20N2O3. The molecule has 1 atom stereocenters. The van der Waals surface area contributed by atoms with E-state index in [1.165, 1.54) is 6.92 Å². The number of anilines is 1. The van der Waals surface area contributed by atoms with Crippen molar-refractivity contribution in [1.29, 1.82) is 0 Å². The molecule has 1 unspecified atom stereocenters. The van der Waals surface area contributed by atoms with Gasteiger partial charge in [-0.15, -0.1) is 0 Å². The lowest BCUT2D eigenvalue weighted by Gasteiger charge is -2.36. The van der Waals surface area contributed by atoms with Gasteiger partial charge in [-0.1, -0.05) is 6.07 Å². The number of rotatable bonds is 3. The molecule has 19 heavy (non-hydrogen) atoms. The van der Waals surface area contributed by atoms with Gasteiger partial charge in [-0.05, 0) is 19.1 Å². The van der Waals surface area contributed by atoms with Crippen molar-refractivity contribution in [2.24, 2.45) is 0 Å². The van der Waals surface area contributed by atoms with Gasteiger partial charge in [0.2, 0.25) is 0 Å². The second-order valence-electron chi connectivity index (χ2n) is 4.69. The van der Waals surface area contributed by atoms with Crippen molar-refractivity contribution < 1.29 is 14.6 Å². The molecule has 1 heterocycles. The topological polar surface area (TPSA) is 53.0 Å². The average molecular weight is 264 g/mol. The van der Waals surface area contributed by atoms with Crippen molar-refractivity contribution in [3.05, 3.63) is 24.3 Å². The van der Waals surface area contributed by atoms with Crippen LogP contribution < -0.4 is 9.64 Å². The third-order valence-corrected chi connectivity index (χ3v) is 3.37. The van der Waals surface area contributed by atoms with Crippen LogP contribution in [-0.4, -0.2) is 55.3 Å². The van der Waals surface area contributed by atoms with Crippen molar-refractivity contribution in [3.8, 4) is 5.75 Å². The van der Waals surface area contributed by atoms with E-state index in [2.05, 4.69) is 4.90 Å². The molecule has 1 aliphatic rings. The van der Waals surface area contributed by atoms with Crippen molar-refractivity contribution in [3.63, 3.8) is 0 Å². The first-order valence-electron chi connectivity index (χ1n) is 6.47. The number of aliphatic hydroxyl groups excluding tert-OH is 1. The van der Waals surface area contributed by atoms with Crippen LogP contribution in [0.15, 0.2) is 24.3 Å². The highest BCUT2D eigenvalue weighted by Crippen LogP contribution is 2.22. The second kappa shape index (κ2) is 5.93. The SMILES string of the molecule is COc1cccc(N2CCN(C(=O)C(C)O)CC2)c1. The lowest BCUT2D eigenvalue weighted by molar-refractivity contribution is -0.139. The van der Waals surface area contributed by atoms with Crippen molar-refractivity contribution in [1.82, 2.24) is 4.90 Å². The number of methoxy groups -OCH3 is 1. The number of hydrogen-bond donors (Lipinski definition) is 1. The van der Waals surface area contributed by atoms with Gasteiger partial charge in [-0.2, -0.15) is 0 Å². The molecule has 1 N–H and O–H groups in total. The predicted molar refractivity (Wildman–Crippen MR) is 73.5 cm³/mol. The monoisotopic (exact) mass is 264 g/mol. The fourth-order valence-corrected chi connectivity index (χ4v) is 2.26. The molecule has 1 amide bonds. The van der Waals surface area contributed by atoms with Crippen LogP contribution >= 0.6 is 0 Å². The van der Waals surface area contributed by atoms with Gasteiger partial charge in [0, 0.05) is 37.9 Å². The lowest BCUT2D eigenvalue weighted by atomic mass is 10.2. The van der Waals surface area contributed by atoms with Gasteiger partial charge in [0.25, 0.3) is 5.91 Å². The highest BCUT2D eigenvalue weighted by atomic mass is 16.5. The number of benzene rings is 1. The second-order valence-corrected chi connectivity index (χ2v) is 4.69. The molecule has 104 valence electrons. The zero-order chi connectivity index (χ0) is 13.8. The standard InChI is InChI=1S/C14H20N2O3/c1-11(17)14(18)16-8-6-15(7-9-16)12-4-3-5-13(10-12)19-2/h3-5,10-11,17H,6-9H2,1-2H3. The summed E-state index contributed by atoms with van der Waals surface area (Å²) in [5, 5.41) is 9.30. The van der Waals surface area contributed by atoms with Crippen LogP contribution in [0.1, 0.15) is 6.92 Å². The maximum absolute atomic E-state index is 11.7. The summed E-state index contributed by atoms with van der Waals surface area (Å²) in [7, 11) is 1.65. The van der Waals surface area contributed by atoms with Crippen LogP contribution in [0.3, 0.4) is 0 Å². The van der Waals surface area contributed by atoms with Gasteiger partial charge in [0.15, 0.2) is 0 Å². The number of carbonyl (C=O) groups excluding carboxylic acids is 1. The quantitative estimate of drug-likeness (QED) is 0.874. The molecule has 0 bridgehead atoms. The predicted octanol–water partition coefficient (Wildman–Crippen LogP) is 0.725. The lowest BCUT2D eigenvalue weighted by Crippen LogP contribution is -2.51. The van der Waals surface area contributed by atoms with Crippen LogP contribution in [0.5, 0.6) is 5.75 Å². The molecule has 0 spiro atoms. The first-order chi connectivity index (χ1) is 9.11. The molecule has 1 aromatic rings. The highest BCUT2D eigenvalue weighted by molar-refractivity contribution is 5.80. The van der Waals surface area contributed by atoms with Crippen molar-refractivity contribution >= 4 is 11.6 Å². The Hall–Kier alpha value is -1.75. The van der Waals surface area contributed by atoms with E-state index in [0.717, 1.165) is 24.5 Å². The molecule has 2 rings (SSSR count). The molecule has 0 aliphatic carbocycles. The van der Waals surface area contributed by atoms with Crippen LogP contribution in [-0.2, 0) is 4.79 Å². The molecule has 5 heteroatoms. The summed E-state index contributed by atoms with van der Waals surface area (Å²) in [5.74, 6) is 0.644. The molecule has 1 aromatic carbocycles. The first-order valence-corrected chi connectivity index (χ1v) is 6.47. The fourth-order valence-electron chi connectivity index (χ4n) is 2.26. The Morgan fingerprint density at radius 2 is 2.00 bits per heavy atom. The van der Waals surface area contributed by atoms with Gasteiger partial charge in [-0.25, -0.2) is 0 Å². The molecular weight excluding hydrogens is 244 g/mol. The number of carbonyl (C=O) groups is 1. The molecule has 1 fully saturated rings. The Morgan fingerprint density at radius 3 is 2.58 bits per heavy atom. The molecule has 0 aromatic heterocycles. The third-order valence-electron chi connectivity index (χ3n) is 3.37. The van der Waals surface area contributed by atoms with Crippen molar-refractivity contribution in [2.75, 3.05) is 38.2 Å². The maximum atomic E-state index is 11.7. The number of ether oxygens (including phenoxy) is 1. The summed E-state index contributed by atoms with van der Waals surface area (Å²) in [6, 6.07) is 7.90. The minimum Gasteiger partial charge on any atom is -0.497 e. The minimum atomic E-state index is -0.914. The van der Waals surface area contributed by atoms with E-state index in [9.17, 15) is 9.90 Å². The molecule has 1 saturated heterocycles. The number of hydrogen-bond acceptors (Lipinski definition) is 4. The van der Waals surface area contributed by atoms with Crippen molar-refractivity contribution in [2.45, 2.75) is 13.0 Å². The van der Waals surface area contributed by atoms with Gasteiger partial charge < -0.3 is 19.6 Å². The van der Waals surface area contributed by atoms with Gasteiger partial charge in [0.1, 0.15) is 11.9 Å². The molecule has 0 radical (unpaired) electrons. The molecule has 5 nitrogen and oxygen atoms in total. The molecule has 1 aliphatic heterocycles. The van der Waals surface area contributed by atoms with Crippen LogP contribution in [0.4, 0.5) is 5.69 Å². The highest BCUT2D eigenvalue weighted by Gasteiger charge is 2.23. The van der Waals surface area contributed by atoms with Gasteiger partial charge in [0.05, 0.1) is 7.11 Å². The normalized spacial score (nSPS) is 17.2. The average Bonchev–Trinajstić information content (AvgIpc) is 2.46. The number of aliphatic hydroxyl groups is 1. The minimum absolute atomic E-state index is 0.190. The summed E-state index contributed by atoms with van der Waals surface area (Å²) >= 11 is 0. The van der Waals surface area contributed by atoms with Crippen LogP contribution in [0.2, 0.25) is 0 Å². The summed E-state index contributed by atoms with van der Waals surface area (Å²) in [5.41, 5.74) is 1.10. The smallest absolute Gasteiger partial charge is 0.251 e. The van der Waals surface area contributed by atoms with Crippen LogP contribution in [0, 0.1) is 0 Å². The zero-order valence-corrected chi connectivity index (χ0v) is 11.4. The van der Waals surface area contributed by atoms with Gasteiger partial charge in [-0.3, -0.25) is 4.79 Å². The fraction of sp³-hybridized carbons (Fsp3) is 0.500. The summed E-state index contributed by atoms with van der Waals surface area (Å²) in [4.78, 5) is 15.6. The van der Waals surface area contributed by atoms with E-state index < -0.39 is 6.10 Å². The summed E-state index contributed by atoms with van der Waals surface area (Å²) in [6.45, 7) is 4.33. The third kappa shape index (κ3) is 3.17. The molecule has 0 saturated carbocycles. The zero-order valence-electron chi connectivity index (χ0n) is 11.4. The largest absolute Gasteiger partial charge is 0.497 e. The summed E-state index contributed by atoms with van der Waals surface area (Å²) in [6.07, 6.45) is -0.914. The summed E-state index contributed by atoms with van der Waals surface area (Å²) < 4.78 is 5.21. The Balaban J connectivity index is 1.97. The van der Waals surface area contributed by atoms with E-state index in [1.54, 1.807) is 12.0 Å². The Labute approximate surface area is 113 Å². The number of amides is 1. The Kier molecular flexibility index (Phi) is 4.27. The van der Waals surface area contributed by atoms with Crippen LogP contribution in [0.25, 0.3) is 0 Å². The van der Waals surface area contributed by atoms with E-state index in [-0.39, 0.29) is 5.91 Å². The van der Waals surface area contributed by atoms with Gasteiger partial charge >= 0.3 is 0 Å². The Bertz CT molecular complexity index is 440. The van der Waals surface area contributed by atoms with E-state index in [0.29, 0.717) is 13.1 Å². The number of nitrogens with zero attached hydrogens (tertiary/aromatic N) is 2. The van der Waals surface area contributed by atoms with E-state index >= 15 is 0 Å². The Morgan fingerprint density at radius 1 is 1.32 bits per heavy atom. The van der Waals surface area contributed by atoms with E-state index in [1.807, 2.05) is 24.3 Å². The first kappa shape index (κ1) is 13.7. The number of piperazine rings is 1.